The number of rotatable bonds is 6. The number of anilines is 1. The molecule has 0 aromatic heterocycles. The predicted molar refractivity (Wildman–Crippen MR) is 91.8 cm³/mol. The van der Waals surface area contributed by atoms with Crippen LogP contribution in [0.5, 0.6) is 0 Å². The van der Waals surface area contributed by atoms with Crippen LogP contribution in [0.25, 0.3) is 0 Å². The molecule has 0 aliphatic carbocycles. The minimum absolute atomic E-state index is 0.0474. The number of hydrogen-bond acceptors (Lipinski definition) is 2. The van der Waals surface area contributed by atoms with Gasteiger partial charge in [0.25, 0.3) is 0 Å². The molecule has 1 atom stereocenters. The molecule has 0 radical (unpaired) electrons. The second-order valence-corrected chi connectivity index (χ2v) is 5.58. The van der Waals surface area contributed by atoms with Gasteiger partial charge in [0.2, 0.25) is 5.91 Å². The zero-order valence-corrected chi connectivity index (χ0v) is 13.5. The lowest BCUT2D eigenvalue weighted by Gasteiger charge is -2.15. The molecule has 0 saturated heterocycles. The second kappa shape index (κ2) is 7.76. The van der Waals surface area contributed by atoms with Crippen LogP contribution in [0, 0.1) is 0 Å². The van der Waals surface area contributed by atoms with E-state index in [9.17, 15) is 4.79 Å². The molecule has 0 saturated carbocycles. The normalized spacial score (nSPS) is 12.0. The number of carbonyl (C=O) groups is 1. The van der Waals surface area contributed by atoms with Gasteiger partial charge in [-0.15, -0.1) is 0 Å². The topological polar surface area (TPSA) is 41.1 Å². The number of benzene rings is 2. The molecule has 1 unspecified atom stereocenters. The van der Waals surface area contributed by atoms with Crippen LogP contribution in [-0.2, 0) is 17.8 Å². The number of nitrogens with one attached hydrogen (secondary N) is 2. The van der Waals surface area contributed by atoms with Gasteiger partial charge in [-0.25, -0.2) is 0 Å². The Hall–Kier alpha value is -2.13. The monoisotopic (exact) mass is 296 g/mol. The quantitative estimate of drug-likeness (QED) is 0.844. The van der Waals surface area contributed by atoms with Crippen LogP contribution in [0.15, 0.2) is 48.5 Å². The van der Waals surface area contributed by atoms with E-state index in [1.54, 1.807) is 0 Å². The Morgan fingerprint density at radius 2 is 1.77 bits per heavy atom. The second-order valence-electron chi connectivity index (χ2n) is 5.58. The number of aryl methyl sites for hydroxylation is 1. The minimum atomic E-state index is -0.0474. The van der Waals surface area contributed by atoms with Gasteiger partial charge in [0.15, 0.2) is 0 Å². The Kier molecular flexibility index (Phi) is 5.73. The Morgan fingerprint density at radius 3 is 2.41 bits per heavy atom. The molecule has 2 N–H and O–H groups in total. The van der Waals surface area contributed by atoms with Crippen molar-refractivity contribution in [3.05, 3.63) is 65.2 Å². The van der Waals surface area contributed by atoms with Gasteiger partial charge in [0.05, 0.1) is 0 Å². The Morgan fingerprint density at radius 1 is 1.09 bits per heavy atom. The molecule has 1 amide bonds. The van der Waals surface area contributed by atoms with Crippen molar-refractivity contribution >= 4 is 11.6 Å². The first-order chi connectivity index (χ1) is 10.6. The highest BCUT2D eigenvalue weighted by Crippen LogP contribution is 2.18. The zero-order valence-electron chi connectivity index (χ0n) is 13.5. The van der Waals surface area contributed by atoms with E-state index in [0.717, 1.165) is 24.2 Å². The van der Waals surface area contributed by atoms with Gasteiger partial charge in [-0.05, 0) is 42.2 Å². The highest BCUT2D eigenvalue weighted by molar-refractivity contribution is 5.88. The average molecular weight is 296 g/mol. The maximum Gasteiger partial charge on any atom is 0.221 e. The molecule has 0 aliphatic rings. The summed E-state index contributed by atoms with van der Waals surface area (Å²) in [5.41, 5.74) is 4.64. The van der Waals surface area contributed by atoms with E-state index in [-0.39, 0.29) is 11.9 Å². The standard InChI is InChI=1S/C19H24N2O/c1-4-16-8-10-17(11-9-16)13-20-14(2)18-6-5-7-19(12-18)21-15(3)22/h5-12,14,20H,4,13H2,1-3H3,(H,21,22). The lowest BCUT2D eigenvalue weighted by Crippen LogP contribution is -2.18. The van der Waals surface area contributed by atoms with Crippen molar-refractivity contribution in [2.45, 2.75) is 39.8 Å². The smallest absolute Gasteiger partial charge is 0.221 e. The molecule has 0 aliphatic heterocycles. The predicted octanol–water partition coefficient (Wildman–Crippen LogP) is 4.06. The van der Waals surface area contributed by atoms with Crippen molar-refractivity contribution in [3.63, 3.8) is 0 Å². The van der Waals surface area contributed by atoms with E-state index >= 15 is 0 Å². The summed E-state index contributed by atoms with van der Waals surface area (Å²) in [5, 5.41) is 6.34. The summed E-state index contributed by atoms with van der Waals surface area (Å²) in [5.74, 6) is -0.0474. The first kappa shape index (κ1) is 16.2. The van der Waals surface area contributed by atoms with Gasteiger partial charge in [-0.1, -0.05) is 43.3 Å². The van der Waals surface area contributed by atoms with Gasteiger partial charge in [0.1, 0.15) is 0 Å². The Bertz CT molecular complexity index is 620. The molecule has 116 valence electrons. The van der Waals surface area contributed by atoms with E-state index in [1.165, 1.54) is 18.1 Å². The highest BCUT2D eigenvalue weighted by atomic mass is 16.1. The summed E-state index contributed by atoms with van der Waals surface area (Å²) >= 11 is 0. The van der Waals surface area contributed by atoms with Crippen LogP contribution in [0.2, 0.25) is 0 Å². The van der Waals surface area contributed by atoms with Crippen LogP contribution in [-0.4, -0.2) is 5.91 Å². The third-order valence-corrected chi connectivity index (χ3v) is 3.75. The Labute approximate surface area is 132 Å². The van der Waals surface area contributed by atoms with Crippen LogP contribution in [0.3, 0.4) is 0 Å². The summed E-state index contributed by atoms with van der Waals surface area (Å²) < 4.78 is 0. The van der Waals surface area contributed by atoms with E-state index in [4.69, 9.17) is 0 Å². The van der Waals surface area contributed by atoms with Crippen molar-refractivity contribution in [1.29, 1.82) is 0 Å². The van der Waals surface area contributed by atoms with Crippen LogP contribution < -0.4 is 10.6 Å². The third kappa shape index (κ3) is 4.71. The molecule has 0 fully saturated rings. The zero-order chi connectivity index (χ0) is 15.9. The maximum atomic E-state index is 11.1. The molecule has 3 heteroatoms. The van der Waals surface area contributed by atoms with Crippen LogP contribution in [0.4, 0.5) is 5.69 Å². The summed E-state index contributed by atoms with van der Waals surface area (Å²) in [4.78, 5) is 11.1. The first-order valence-corrected chi connectivity index (χ1v) is 7.77. The highest BCUT2D eigenvalue weighted by Gasteiger charge is 2.06. The van der Waals surface area contributed by atoms with Crippen molar-refractivity contribution in [2.24, 2.45) is 0 Å². The lowest BCUT2D eigenvalue weighted by molar-refractivity contribution is -0.114. The van der Waals surface area contributed by atoms with Gasteiger partial charge < -0.3 is 10.6 Å². The molecule has 2 rings (SSSR count). The Balaban J connectivity index is 1.96. The number of hydrogen-bond donors (Lipinski definition) is 2. The van der Waals surface area contributed by atoms with Crippen LogP contribution in [0.1, 0.15) is 43.5 Å². The minimum Gasteiger partial charge on any atom is -0.326 e. The fourth-order valence-electron chi connectivity index (χ4n) is 2.37. The fourth-order valence-corrected chi connectivity index (χ4v) is 2.37. The molecule has 0 spiro atoms. The van der Waals surface area contributed by atoms with Gasteiger partial charge in [0, 0.05) is 25.2 Å². The molecule has 3 nitrogen and oxygen atoms in total. The largest absolute Gasteiger partial charge is 0.326 e. The summed E-state index contributed by atoms with van der Waals surface area (Å²) in [7, 11) is 0. The summed E-state index contributed by atoms with van der Waals surface area (Å²) in [6, 6.07) is 16.9. The summed E-state index contributed by atoms with van der Waals surface area (Å²) in [6.07, 6.45) is 1.07. The summed E-state index contributed by atoms with van der Waals surface area (Å²) in [6.45, 7) is 6.65. The van der Waals surface area contributed by atoms with E-state index < -0.39 is 0 Å². The van der Waals surface area contributed by atoms with E-state index in [0.29, 0.717) is 0 Å². The molecule has 2 aromatic carbocycles. The van der Waals surface area contributed by atoms with E-state index in [2.05, 4.69) is 54.8 Å². The molecule has 22 heavy (non-hydrogen) atoms. The SMILES string of the molecule is CCc1ccc(CNC(C)c2cccc(NC(C)=O)c2)cc1. The molecule has 0 bridgehead atoms. The maximum absolute atomic E-state index is 11.1. The van der Waals surface area contributed by atoms with Crippen molar-refractivity contribution in [2.75, 3.05) is 5.32 Å². The van der Waals surface area contributed by atoms with Crippen molar-refractivity contribution < 1.29 is 4.79 Å². The van der Waals surface area contributed by atoms with Gasteiger partial charge in [-0.3, -0.25) is 4.79 Å². The number of carbonyl (C=O) groups excluding carboxylic acids is 1. The van der Waals surface area contributed by atoms with Crippen molar-refractivity contribution in [1.82, 2.24) is 5.32 Å². The molecular weight excluding hydrogens is 272 g/mol. The lowest BCUT2D eigenvalue weighted by atomic mass is 10.1. The van der Waals surface area contributed by atoms with Crippen LogP contribution >= 0.6 is 0 Å². The van der Waals surface area contributed by atoms with E-state index in [1.807, 2.05) is 18.2 Å². The first-order valence-electron chi connectivity index (χ1n) is 7.77. The third-order valence-electron chi connectivity index (χ3n) is 3.75. The van der Waals surface area contributed by atoms with Crippen molar-refractivity contribution in [3.8, 4) is 0 Å². The average Bonchev–Trinajstić information content (AvgIpc) is 2.52. The molecule has 0 heterocycles. The number of amides is 1. The van der Waals surface area contributed by atoms with Gasteiger partial charge >= 0.3 is 0 Å². The fraction of sp³-hybridized carbons (Fsp3) is 0.316. The molecule has 2 aromatic rings. The molecular formula is C19H24N2O. The van der Waals surface area contributed by atoms with Gasteiger partial charge in [-0.2, -0.15) is 0 Å².